The molecule has 9 heteroatoms. The minimum atomic E-state index is -3.09. The lowest BCUT2D eigenvalue weighted by atomic mass is 10.0. The van der Waals surface area contributed by atoms with Gasteiger partial charge in [0.1, 0.15) is 17.7 Å². The van der Waals surface area contributed by atoms with Crippen molar-refractivity contribution < 1.29 is 23.1 Å². The summed E-state index contributed by atoms with van der Waals surface area (Å²) in [7, 11) is -3.09. The molecule has 1 amide bonds. The lowest BCUT2D eigenvalue weighted by Gasteiger charge is -2.25. The van der Waals surface area contributed by atoms with E-state index in [1.165, 1.54) is 6.20 Å². The quantitative estimate of drug-likeness (QED) is 0.470. The Morgan fingerprint density at radius 2 is 2.08 bits per heavy atom. The number of sulfone groups is 1. The molecule has 0 aliphatic carbocycles. The van der Waals surface area contributed by atoms with E-state index in [4.69, 9.17) is 0 Å². The van der Waals surface area contributed by atoms with E-state index in [2.05, 4.69) is 5.32 Å². The van der Waals surface area contributed by atoms with Crippen molar-refractivity contribution in [3.8, 4) is 6.07 Å². The van der Waals surface area contributed by atoms with Crippen LogP contribution in [-0.4, -0.2) is 60.4 Å². The van der Waals surface area contributed by atoms with Crippen LogP contribution in [0.15, 0.2) is 11.8 Å². The Labute approximate surface area is 148 Å². The topological polar surface area (TPSA) is 128 Å². The van der Waals surface area contributed by atoms with E-state index in [1.54, 1.807) is 17.9 Å². The molecule has 0 aromatic heterocycles. The first kappa shape index (κ1) is 21.0. The summed E-state index contributed by atoms with van der Waals surface area (Å²) < 4.78 is 23.2. The van der Waals surface area contributed by atoms with Crippen LogP contribution >= 0.6 is 0 Å². The largest absolute Gasteiger partial charge is 0.480 e. The summed E-state index contributed by atoms with van der Waals surface area (Å²) in [6.45, 7) is 5.91. The van der Waals surface area contributed by atoms with Gasteiger partial charge in [-0.3, -0.25) is 4.79 Å². The first-order valence-electron chi connectivity index (χ1n) is 8.21. The average Bonchev–Trinajstić information content (AvgIpc) is 2.87. The molecule has 0 spiro atoms. The number of carboxylic acid groups (broad SMARTS) is 1. The maximum atomic E-state index is 12.3. The van der Waals surface area contributed by atoms with Gasteiger partial charge in [0.2, 0.25) is 0 Å². The van der Waals surface area contributed by atoms with Gasteiger partial charge in [-0.2, -0.15) is 5.26 Å². The van der Waals surface area contributed by atoms with Gasteiger partial charge in [-0.25, -0.2) is 13.2 Å². The van der Waals surface area contributed by atoms with Gasteiger partial charge < -0.3 is 15.3 Å². The van der Waals surface area contributed by atoms with Gasteiger partial charge in [0.15, 0.2) is 9.84 Å². The number of hydrogen-bond acceptors (Lipinski definition) is 6. The van der Waals surface area contributed by atoms with E-state index in [9.17, 15) is 28.4 Å². The Kier molecular flexibility index (Phi) is 7.42. The fraction of sp³-hybridized carbons (Fsp3) is 0.688. The average molecular weight is 371 g/mol. The summed E-state index contributed by atoms with van der Waals surface area (Å²) in [5.74, 6) is -1.79. The van der Waals surface area contributed by atoms with Crippen LogP contribution in [0.2, 0.25) is 0 Å². The molecular formula is C16H25N3O5S. The molecule has 2 unspecified atom stereocenters. The molecular weight excluding hydrogens is 346 g/mol. The molecule has 2 N–H and O–H groups in total. The Morgan fingerprint density at radius 3 is 2.48 bits per heavy atom. The van der Waals surface area contributed by atoms with E-state index in [-0.39, 0.29) is 35.5 Å². The number of nitriles is 1. The summed E-state index contributed by atoms with van der Waals surface area (Å²) in [6, 6.07) is 0.415. The van der Waals surface area contributed by atoms with Crippen molar-refractivity contribution in [1.82, 2.24) is 10.2 Å². The molecule has 1 aliphatic rings. The lowest BCUT2D eigenvalue weighted by Crippen LogP contribution is -2.42. The van der Waals surface area contributed by atoms with Gasteiger partial charge in [-0.15, -0.1) is 0 Å². The predicted molar refractivity (Wildman–Crippen MR) is 92.2 cm³/mol. The number of hydrogen-bond donors (Lipinski definition) is 2. The molecule has 0 bridgehead atoms. The van der Waals surface area contributed by atoms with E-state index in [0.29, 0.717) is 13.0 Å². The number of nitrogens with one attached hydrogen (secondary N) is 1. The van der Waals surface area contributed by atoms with Gasteiger partial charge in [0.05, 0.1) is 11.5 Å². The van der Waals surface area contributed by atoms with Crippen molar-refractivity contribution >= 4 is 21.7 Å². The van der Waals surface area contributed by atoms with Crippen LogP contribution in [-0.2, 0) is 19.4 Å². The molecule has 0 aromatic carbocycles. The Bertz CT molecular complexity index is 678. The second-order valence-electron chi connectivity index (χ2n) is 6.54. The molecule has 1 heterocycles. The van der Waals surface area contributed by atoms with Crippen LogP contribution < -0.4 is 5.32 Å². The zero-order valence-electron chi connectivity index (χ0n) is 14.7. The van der Waals surface area contributed by atoms with Crippen LogP contribution in [0.3, 0.4) is 0 Å². The highest BCUT2D eigenvalue weighted by atomic mass is 32.2. The lowest BCUT2D eigenvalue weighted by molar-refractivity contribution is -0.141. The molecule has 0 saturated carbocycles. The number of aliphatic carboxylic acids is 1. The summed E-state index contributed by atoms with van der Waals surface area (Å²) in [6.07, 6.45) is 2.02. The van der Waals surface area contributed by atoms with E-state index < -0.39 is 27.8 Å². The molecule has 1 fully saturated rings. The third-order valence-electron chi connectivity index (χ3n) is 4.01. The fourth-order valence-corrected chi connectivity index (χ4v) is 4.47. The first-order valence-corrected chi connectivity index (χ1v) is 10.0. The third kappa shape index (κ3) is 6.38. The van der Waals surface area contributed by atoms with Crippen LogP contribution in [0.5, 0.6) is 0 Å². The number of carbonyl (C=O) groups excluding carboxylic acids is 1. The van der Waals surface area contributed by atoms with Crippen molar-refractivity contribution in [2.24, 2.45) is 5.92 Å². The molecule has 2 atom stereocenters. The Hall–Kier alpha value is -2.08. The first-order chi connectivity index (χ1) is 11.6. The maximum Gasteiger partial charge on any atom is 0.326 e. The maximum absolute atomic E-state index is 12.3. The number of nitrogens with zero attached hydrogens (tertiary/aromatic N) is 2. The summed E-state index contributed by atoms with van der Waals surface area (Å²) in [5.41, 5.74) is -0.235. The SMILES string of the molecule is CCN(/C=C(/C#N)C(=O)NC(CC(C)C)C(=O)O)C1CCS(=O)(=O)C1. The van der Waals surface area contributed by atoms with Crippen molar-refractivity contribution in [3.05, 3.63) is 11.8 Å². The monoisotopic (exact) mass is 371 g/mol. The van der Waals surface area contributed by atoms with E-state index in [0.717, 1.165) is 0 Å². The van der Waals surface area contributed by atoms with Crippen molar-refractivity contribution in [2.75, 3.05) is 18.1 Å². The summed E-state index contributed by atoms with van der Waals surface area (Å²) >= 11 is 0. The number of amides is 1. The van der Waals surface area contributed by atoms with Crippen LogP contribution in [0, 0.1) is 17.2 Å². The minimum absolute atomic E-state index is 0.0111. The normalized spacial score (nSPS) is 20.8. The van der Waals surface area contributed by atoms with Gasteiger partial charge >= 0.3 is 5.97 Å². The summed E-state index contributed by atoms with van der Waals surface area (Å²) in [4.78, 5) is 25.2. The molecule has 1 saturated heterocycles. The number of carbonyl (C=O) groups is 2. The van der Waals surface area contributed by atoms with Gasteiger partial charge in [0.25, 0.3) is 5.91 Å². The smallest absolute Gasteiger partial charge is 0.326 e. The van der Waals surface area contributed by atoms with E-state index in [1.807, 2.05) is 13.8 Å². The molecule has 1 aliphatic heterocycles. The van der Waals surface area contributed by atoms with Gasteiger partial charge in [0, 0.05) is 18.8 Å². The molecule has 0 aromatic rings. The van der Waals surface area contributed by atoms with Crippen molar-refractivity contribution in [2.45, 2.75) is 45.7 Å². The standard InChI is InChI=1S/C16H25N3O5S/c1-4-19(13-5-6-25(23,24)10-13)9-12(8-17)15(20)18-14(16(21)22)7-11(2)3/h9,11,13-14H,4-7,10H2,1-3H3,(H,18,20)(H,21,22)/b12-9-. The highest BCUT2D eigenvalue weighted by molar-refractivity contribution is 7.91. The second-order valence-corrected chi connectivity index (χ2v) is 8.76. The molecule has 1 rings (SSSR count). The van der Waals surface area contributed by atoms with Crippen LogP contribution in [0.4, 0.5) is 0 Å². The molecule has 140 valence electrons. The zero-order chi connectivity index (χ0) is 19.2. The minimum Gasteiger partial charge on any atom is -0.480 e. The van der Waals surface area contributed by atoms with Crippen LogP contribution in [0.1, 0.15) is 33.6 Å². The Balaban J connectivity index is 2.90. The zero-order valence-corrected chi connectivity index (χ0v) is 15.5. The van der Waals surface area contributed by atoms with E-state index >= 15 is 0 Å². The molecule has 8 nitrogen and oxygen atoms in total. The molecule has 25 heavy (non-hydrogen) atoms. The van der Waals surface area contributed by atoms with Gasteiger partial charge in [-0.05, 0) is 25.7 Å². The fourth-order valence-electron chi connectivity index (χ4n) is 2.72. The highest BCUT2D eigenvalue weighted by Gasteiger charge is 2.31. The Morgan fingerprint density at radius 1 is 1.44 bits per heavy atom. The van der Waals surface area contributed by atoms with Crippen molar-refractivity contribution in [3.63, 3.8) is 0 Å². The molecule has 0 radical (unpaired) electrons. The highest BCUT2D eigenvalue weighted by Crippen LogP contribution is 2.18. The third-order valence-corrected chi connectivity index (χ3v) is 5.76. The predicted octanol–water partition coefficient (Wildman–Crippen LogP) is 0.518. The summed E-state index contributed by atoms with van der Waals surface area (Å²) in [5, 5.41) is 20.8. The van der Waals surface area contributed by atoms with Crippen molar-refractivity contribution in [1.29, 1.82) is 5.26 Å². The van der Waals surface area contributed by atoms with Crippen LogP contribution in [0.25, 0.3) is 0 Å². The number of carboxylic acids is 1. The second kappa shape index (κ2) is 8.85. The van der Waals surface area contributed by atoms with Gasteiger partial charge in [-0.1, -0.05) is 13.8 Å². The number of rotatable bonds is 8.